The van der Waals surface area contributed by atoms with Crippen LogP contribution in [0.5, 0.6) is 0 Å². The molecule has 0 aliphatic heterocycles. The predicted molar refractivity (Wildman–Crippen MR) is 65.9 cm³/mol. The fourth-order valence-corrected chi connectivity index (χ4v) is 1.96. The first-order chi connectivity index (χ1) is 6.95. The van der Waals surface area contributed by atoms with E-state index >= 15 is 0 Å². The molecule has 88 valence electrons. The van der Waals surface area contributed by atoms with E-state index < -0.39 is 0 Å². The van der Waals surface area contributed by atoms with Crippen LogP contribution in [0.3, 0.4) is 0 Å². The molecule has 3 heteroatoms. The zero-order valence-electron chi connectivity index (χ0n) is 10.7. The topological polar surface area (TPSA) is 41.6 Å². The number of rotatable bonds is 4. The van der Waals surface area contributed by atoms with E-state index in [4.69, 9.17) is 5.73 Å². The SMILES string of the molecule is CCN(CC)C(N)=NC1CC1(C)C(C)C. The molecular weight excluding hydrogens is 186 g/mol. The van der Waals surface area contributed by atoms with Gasteiger partial charge < -0.3 is 10.6 Å². The van der Waals surface area contributed by atoms with Gasteiger partial charge in [-0.2, -0.15) is 0 Å². The van der Waals surface area contributed by atoms with Crippen molar-refractivity contribution in [2.45, 2.75) is 47.1 Å². The lowest BCUT2D eigenvalue weighted by Crippen LogP contribution is -2.37. The van der Waals surface area contributed by atoms with E-state index in [1.54, 1.807) is 0 Å². The minimum atomic E-state index is 0.387. The molecule has 0 saturated heterocycles. The molecule has 0 spiro atoms. The van der Waals surface area contributed by atoms with E-state index in [2.05, 4.69) is 44.5 Å². The van der Waals surface area contributed by atoms with Gasteiger partial charge in [0.2, 0.25) is 0 Å². The molecular formula is C12H25N3. The number of hydrogen-bond acceptors (Lipinski definition) is 1. The van der Waals surface area contributed by atoms with Crippen molar-refractivity contribution in [1.82, 2.24) is 4.90 Å². The molecule has 15 heavy (non-hydrogen) atoms. The Balaban J connectivity index is 2.59. The zero-order valence-corrected chi connectivity index (χ0v) is 10.7. The monoisotopic (exact) mass is 211 g/mol. The molecule has 0 aromatic rings. The highest BCUT2D eigenvalue weighted by molar-refractivity contribution is 5.78. The molecule has 2 N–H and O–H groups in total. The highest BCUT2D eigenvalue weighted by atomic mass is 15.3. The van der Waals surface area contributed by atoms with E-state index in [9.17, 15) is 0 Å². The second-order valence-electron chi connectivity index (χ2n) is 5.04. The summed E-state index contributed by atoms with van der Waals surface area (Å²) in [6, 6.07) is 0.443. The molecule has 1 aliphatic carbocycles. The Morgan fingerprint density at radius 2 is 2.00 bits per heavy atom. The highest BCUT2D eigenvalue weighted by Crippen LogP contribution is 2.53. The molecule has 0 amide bonds. The van der Waals surface area contributed by atoms with Gasteiger partial charge in [-0.1, -0.05) is 20.8 Å². The van der Waals surface area contributed by atoms with Gasteiger partial charge in [0.15, 0.2) is 5.96 Å². The molecule has 3 nitrogen and oxygen atoms in total. The second-order valence-corrected chi connectivity index (χ2v) is 5.04. The van der Waals surface area contributed by atoms with Gasteiger partial charge >= 0.3 is 0 Å². The summed E-state index contributed by atoms with van der Waals surface area (Å²) >= 11 is 0. The maximum absolute atomic E-state index is 5.98. The second kappa shape index (κ2) is 4.42. The third-order valence-corrected chi connectivity index (χ3v) is 3.93. The molecule has 0 aromatic carbocycles. The first-order valence-corrected chi connectivity index (χ1v) is 6.03. The highest BCUT2D eigenvalue weighted by Gasteiger charge is 2.52. The Morgan fingerprint density at radius 3 is 2.33 bits per heavy atom. The fourth-order valence-electron chi connectivity index (χ4n) is 1.96. The van der Waals surface area contributed by atoms with Gasteiger partial charge in [-0.3, -0.25) is 0 Å². The number of nitrogens with two attached hydrogens (primary N) is 1. The molecule has 1 saturated carbocycles. The van der Waals surface area contributed by atoms with E-state index in [0.717, 1.165) is 19.0 Å². The number of guanidine groups is 1. The average molecular weight is 211 g/mol. The summed E-state index contributed by atoms with van der Waals surface area (Å²) in [6.45, 7) is 12.9. The van der Waals surface area contributed by atoms with Crippen LogP contribution in [0.2, 0.25) is 0 Å². The Hall–Kier alpha value is -0.730. The van der Waals surface area contributed by atoms with E-state index in [1.807, 2.05) is 0 Å². The third-order valence-electron chi connectivity index (χ3n) is 3.93. The molecule has 0 aromatic heterocycles. The van der Waals surface area contributed by atoms with E-state index in [1.165, 1.54) is 6.42 Å². The number of nitrogens with zero attached hydrogens (tertiary/aromatic N) is 2. The van der Waals surface area contributed by atoms with Crippen LogP contribution in [-0.4, -0.2) is 30.0 Å². The van der Waals surface area contributed by atoms with Gasteiger partial charge in [0, 0.05) is 13.1 Å². The first kappa shape index (κ1) is 12.3. The van der Waals surface area contributed by atoms with Crippen LogP contribution in [0.4, 0.5) is 0 Å². The molecule has 1 fully saturated rings. The summed E-state index contributed by atoms with van der Waals surface area (Å²) in [7, 11) is 0. The van der Waals surface area contributed by atoms with Crippen LogP contribution in [0.1, 0.15) is 41.0 Å². The lowest BCUT2D eigenvalue weighted by atomic mass is 9.94. The van der Waals surface area contributed by atoms with Gasteiger partial charge in [0.05, 0.1) is 6.04 Å². The summed E-state index contributed by atoms with van der Waals surface area (Å²) in [5.41, 5.74) is 6.36. The van der Waals surface area contributed by atoms with Gasteiger partial charge in [-0.15, -0.1) is 0 Å². The quantitative estimate of drug-likeness (QED) is 0.571. The lowest BCUT2D eigenvalue weighted by Gasteiger charge is -2.20. The average Bonchev–Trinajstić information content (AvgIpc) is 2.80. The molecule has 0 radical (unpaired) electrons. The van der Waals surface area contributed by atoms with E-state index in [-0.39, 0.29) is 0 Å². The Bertz CT molecular complexity index is 243. The van der Waals surface area contributed by atoms with Gasteiger partial charge in [0.1, 0.15) is 0 Å². The van der Waals surface area contributed by atoms with Crippen molar-refractivity contribution in [3.8, 4) is 0 Å². The maximum Gasteiger partial charge on any atom is 0.191 e. The van der Waals surface area contributed by atoms with Crippen LogP contribution >= 0.6 is 0 Å². The Kier molecular flexibility index (Phi) is 3.63. The lowest BCUT2D eigenvalue weighted by molar-refractivity contribution is 0.380. The van der Waals surface area contributed by atoms with Crippen LogP contribution in [0.25, 0.3) is 0 Å². The van der Waals surface area contributed by atoms with Crippen molar-refractivity contribution in [3.05, 3.63) is 0 Å². The summed E-state index contributed by atoms with van der Waals surface area (Å²) in [5, 5.41) is 0. The maximum atomic E-state index is 5.98. The minimum Gasteiger partial charge on any atom is -0.370 e. The molecule has 0 heterocycles. The first-order valence-electron chi connectivity index (χ1n) is 6.03. The van der Waals surface area contributed by atoms with Crippen LogP contribution < -0.4 is 5.73 Å². The number of hydrogen-bond donors (Lipinski definition) is 1. The summed E-state index contributed by atoms with van der Waals surface area (Å²) in [4.78, 5) is 6.74. The van der Waals surface area contributed by atoms with Gasteiger partial charge in [-0.05, 0) is 31.6 Å². The Labute approximate surface area is 93.7 Å². The van der Waals surface area contributed by atoms with Crippen LogP contribution in [0.15, 0.2) is 4.99 Å². The summed E-state index contributed by atoms with van der Waals surface area (Å²) in [6.07, 6.45) is 1.19. The van der Waals surface area contributed by atoms with Crippen LogP contribution in [-0.2, 0) is 0 Å². The number of aliphatic imine (C=N–C) groups is 1. The molecule has 2 unspecified atom stereocenters. The Morgan fingerprint density at radius 1 is 1.47 bits per heavy atom. The largest absolute Gasteiger partial charge is 0.370 e. The minimum absolute atomic E-state index is 0.387. The van der Waals surface area contributed by atoms with Crippen molar-refractivity contribution in [3.63, 3.8) is 0 Å². The standard InChI is InChI=1S/C12H25N3/c1-6-15(7-2)11(13)14-10-8-12(10,5)9(3)4/h9-10H,6-8H2,1-5H3,(H2,13,14). The van der Waals surface area contributed by atoms with Gasteiger partial charge in [0.25, 0.3) is 0 Å². The molecule has 1 aliphatic rings. The predicted octanol–water partition coefficient (Wildman–Crippen LogP) is 2.08. The smallest absolute Gasteiger partial charge is 0.191 e. The normalized spacial score (nSPS) is 30.8. The molecule has 0 bridgehead atoms. The van der Waals surface area contributed by atoms with E-state index in [0.29, 0.717) is 17.4 Å². The van der Waals surface area contributed by atoms with Crippen molar-refractivity contribution in [2.75, 3.05) is 13.1 Å². The van der Waals surface area contributed by atoms with Crippen LogP contribution in [0, 0.1) is 11.3 Å². The summed E-state index contributed by atoms with van der Waals surface area (Å²) in [5.74, 6) is 1.41. The van der Waals surface area contributed by atoms with Crippen molar-refractivity contribution < 1.29 is 0 Å². The zero-order chi connectivity index (χ0) is 11.6. The van der Waals surface area contributed by atoms with Crippen molar-refractivity contribution in [2.24, 2.45) is 22.1 Å². The molecule has 1 rings (SSSR count). The summed E-state index contributed by atoms with van der Waals surface area (Å²) < 4.78 is 0. The molecule has 2 atom stereocenters. The fraction of sp³-hybridized carbons (Fsp3) is 0.917. The van der Waals surface area contributed by atoms with Crippen molar-refractivity contribution in [1.29, 1.82) is 0 Å². The third kappa shape index (κ3) is 2.44. The van der Waals surface area contributed by atoms with Crippen molar-refractivity contribution >= 4 is 5.96 Å². The van der Waals surface area contributed by atoms with Gasteiger partial charge in [-0.25, -0.2) is 4.99 Å².